The summed E-state index contributed by atoms with van der Waals surface area (Å²) in [6.45, 7) is 3.56. The van der Waals surface area contributed by atoms with E-state index in [0.29, 0.717) is 40.7 Å². The molecule has 0 aliphatic carbocycles. The molecule has 1 aliphatic rings. The van der Waals surface area contributed by atoms with Crippen molar-refractivity contribution >= 4 is 46.7 Å². The highest BCUT2D eigenvalue weighted by molar-refractivity contribution is 14.1. The van der Waals surface area contributed by atoms with Crippen LogP contribution in [0.3, 0.4) is 0 Å². The van der Waals surface area contributed by atoms with Gasteiger partial charge in [0.05, 0.1) is 38.7 Å². The molecule has 1 aliphatic heterocycles. The molecule has 12 nitrogen and oxygen atoms in total. The Hall–Kier alpha value is -4.79. The van der Waals surface area contributed by atoms with Gasteiger partial charge in [0.1, 0.15) is 6.61 Å². The molecule has 0 fully saturated rings. The van der Waals surface area contributed by atoms with Crippen molar-refractivity contribution in [3.63, 3.8) is 0 Å². The predicted molar refractivity (Wildman–Crippen MR) is 174 cm³/mol. The lowest BCUT2D eigenvalue weighted by Crippen LogP contribution is -2.45. The normalized spacial score (nSPS) is 14.3. The van der Waals surface area contributed by atoms with Crippen LogP contribution in [0.5, 0.6) is 23.0 Å². The number of hydrogen-bond donors (Lipinski definition) is 3. The summed E-state index contributed by atoms with van der Waals surface area (Å²) in [5.74, 6) is 0.633. The van der Waals surface area contributed by atoms with E-state index in [0.717, 1.165) is 9.13 Å². The van der Waals surface area contributed by atoms with Crippen LogP contribution in [-0.2, 0) is 20.9 Å². The van der Waals surface area contributed by atoms with E-state index in [2.05, 4.69) is 43.8 Å². The second-order valence-corrected chi connectivity index (χ2v) is 10.9. The Labute approximate surface area is 274 Å². The Balaban J connectivity index is 1.35. The fourth-order valence-electron chi connectivity index (χ4n) is 4.39. The fraction of sp³-hybridized carbons (Fsp3) is 0.250. The molecule has 0 unspecified atom stereocenters. The van der Waals surface area contributed by atoms with Crippen LogP contribution in [-0.4, -0.2) is 51.6 Å². The van der Waals surface area contributed by atoms with Gasteiger partial charge in [-0.05, 0) is 95.6 Å². The zero-order valence-electron chi connectivity index (χ0n) is 25.1. The van der Waals surface area contributed by atoms with Crippen molar-refractivity contribution in [2.75, 3.05) is 27.4 Å². The van der Waals surface area contributed by atoms with Crippen molar-refractivity contribution < 1.29 is 38.1 Å². The summed E-state index contributed by atoms with van der Waals surface area (Å²) in [5, 5.41) is 9.33. The molecule has 0 radical (unpaired) electrons. The van der Waals surface area contributed by atoms with Gasteiger partial charge in [-0.3, -0.25) is 4.79 Å². The Morgan fingerprint density at radius 2 is 1.64 bits per heavy atom. The number of benzene rings is 3. The standard InChI is InChI=1S/C32H33IN4O8/c1-5-43-31(39)29-19(2)35-32(40)36-30(29)22-9-13-25(27(15-22)42-4)45-18-28(38)37-34-16-21-8-12-24(26(14-21)41-3)44-17-20-6-10-23(33)11-7-20/h6-16,30H,5,17-18H2,1-4H3,(H,37,38)(H2,35,36,40)/b34-16-/t30-/m0/s1. The molecule has 0 bridgehead atoms. The van der Waals surface area contributed by atoms with Crippen LogP contribution >= 0.6 is 22.6 Å². The third kappa shape index (κ3) is 8.88. The molecule has 3 amide bonds. The summed E-state index contributed by atoms with van der Waals surface area (Å²) in [7, 11) is 2.99. The fourth-order valence-corrected chi connectivity index (χ4v) is 4.75. The molecule has 0 saturated heterocycles. The molecule has 13 heteroatoms. The minimum absolute atomic E-state index is 0.183. The Bertz CT molecular complexity index is 1610. The van der Waals surface area contributed by atoms with Crippen molar-refractivity contribution in [3.05, 3.63) is 92.2 Å². The van der Waals surface area contributed by atoms with Gasteiger partial charge in [-0.2, -0.15) is 5.10 Å². The van der Waals surface area contributed by atoms with Crippen LogP contribution in [0.4, 0.5) is 4.79 Å². The summed E-state index contributed by atoms with van der Waals surface area (Å²) < 4.78 is 28.8. The van der Waals surface area contributed by atoms with E-state index >= 15 is 0 Å². The third-order valence-electron chi connectivity index (χ3n) is 6.54. The van der Waals surface area contributed by atoms with E-state index < -0.39 is 23.9 Å². The van der Waals surface area contributed by atoms with Crippen LogP contribution in [0.15, 0.2) is 77.0 Å². The number of urea groups is 1. The number of nitrogens with zero attached hydrogens (tertiary/aromatic N) is 1. The van der Waals surface area contributed by atoms with Crippen LogP contribution in [0.25, 0.3) is 0 Å². The first kappa shape index (κ1) is 33.1. The van der Waals surface area contributed by atoms with Gasteiger partial charge in [0, 0.05) is 9.27 Å². The van der Waals surface area contributed by atoms with Crippen LogP contribution in [0.2, 0.25) is 0 Å². The maximum absolute atomic E-state index is 12.6. The van der Waals surface area contributed by atoms with Crippen molar-refractivity contribution in [2.24, 2.45) is 5.10 Å². The molecule has 3 aromatic carbocycles. The van der Waals surface area contributed by atoms with E-state index in [1.165, 1.54) is 13.3 Å². The molecular formula is C32H33IN4O8. The van der Waals surface area contributed by atoms with Crippen LogP contribution in [0.1, 0.15) is 36.6 Å². The van der Waals surface area contributed by atoms with E-state index in [1.807, 2.05) is 24.3 Å². The summed E-state index contributed by atoms with van der Waals surface area (Å²) in [4.78, 5) is 37.2. The number of nitrogens with one attached hydrogen (secondary N) is 3. The zero-order chi connectivity index (χ0) is 32.3. The minimum atomic E-state index is -0.773. The molecule has 1 atom stereocenters. The van der Waals surface area contributed by atoms with Crippen molar-refractivity contribution in [3.8, 4) is 23.0 Å². The maximum atomic E-state index is 12.6. The van der Waals surface area contributed by atoms with Gasteiger partial charge in [0.15, 0.2) is 29.6 Å². The molecule has 0 saturated carbocycles. The number of carbonyl (C=O) groups excluding carboxylic acids is 3. The van der Waals surface area contributed by atoms with Gasteiger partial charge in [-0.15, -0.1) is 0 Å². The summed E-state index contributed by atoms with van der Waals surface area (Å²) >= 11 is 2.25. The van der Waals surface area contributed by atoms with Crippen molar-refractivity contribution in [1.29, 1.82) is 0 Å². The molecule has 236 valence electrons. The van der Waals surface area contributed by atoms with Crippen molar-refractivity contribution in [2.45, 2.75) is 26.5 Å². The van der Waals surface area contributed by atoms with E-state index in [9.17, 15) is 14.4 Å². The van der Waals surface area contributed by atoms with Crippen molar-refractivity contribution in [1.82, 2.24) is 16.1 Å². The van der Waals surface area contributed by atoms with Gasteiger partial charge in [0.2, 0.25) is 0 Å². The average Bonchev–Trinajstić information content (AvgIpc) is 3.03. The number of hydrogen-bond acceptors (Lipinski definition) is 9. The first-order chi connectivity index (χ1) is 21.7. The van der Waals surface area contributed by atoms with Gasteiger partial charge in [-0.1, -0.05) is 18.2 Å². The number of esters is 1. The monoisotopic (exact) mass is 728 g/mol. The second kappa shape index (κ2) is 15.8. The van der Waals surface area contributed by atoms with E-state index in [4.69, 9.17) is 23.7 Å². The number of ether oxygens (including phenoxy) is 5. The van der Waals surface area contributed by atoms with E-state index in [1.54, 1.807) is 57.4 Å². The topological polar surface area (TPSA) is 146 Å². The van der Waals surface area contributed by atoms with Gasteiger partial charge in [0.25, 0.3) is 5.91 Å². The van der Waals surface area contributed by atoms with Gasteiger partial charge in [-0.25, -0.2) is 15.0 Å². The van der Waals surface area contributed by atoms with Crippen LogP contribution < -0.4 is 35.0 Å². The maximum Gasteiger partial charge on any atom is 0.338 e. The smallest absolute Gasteiger partial charge is 0.338 e. The number of methoxy groups -OCH3 is 2. The summed E-state index contributed by atoms with van der Waals surface area (Å²) in [5.41, 5.74) is 5.36. The molecule has 0 spiro atoms. The number of carbonyl (C=O) groups is 3. The summed E-state index contributed by atoms with van der Waals surface area (Å²) in [6.07, 6.45) is 1.47. The quantitative estimate of drug-likeness (QED) is 0.100. The minimum Gasteiger partial charge on any atom is -0.493 e. The lowest BCUT2D eigenvalue weighted by Gasteiger charge is -2.28. The Morgan fingerprint density at radius 1 is 0.956 bits per heavy atom. The lowest BCUT2D eigenvalue weighted by molar-refractivity contribution is -0.139. The molecular weight excluding hydrogens is 695 g/mol. The second-order valence-electron chi connectivity index (χ2n) is 9.61. The largest absolute Gasteiger partial charge is 0.493 e. The third-order valence-corrected chi connectivity index (χ3v) is 7.26. The number of halogens is 1. The number of rotatable bonds is 13. The zero-order valence-corrected chi connectivity index (χ0v) is 27.3. The average molecular weight is 729 g/mol. The molecule has 0 aromatic heterocycles. The Kier molecular flexibility index (Phi) is 11.6. The first-order valence-corrected chi connectivity index (χ1v) is 14.9. The lowest BCUT2D eigenvalue weighted by atomic mass is 9.95. The molecule has 3 N–H and O–H groups in total. The van der Waals surface area contributed by atoms with Gasteiger partial charge >= 0.3 is 12.0 Å². The Morgan fingerprint density at radius 3 is 2.36 bits per heavy atom. The highest BCUT2D eigenvalue weighted by atomic mass is 127. The number of hydrazone groups is 1. The number of amides is 3. The molecule has 3 aromatic rings. The molecule has 1 heterocycles. The first-order valence-electron chi connectivity index (χ1n) is 13.9. The van der Waals surface area contributed by atoms with Crippen LogP contribution in [0, 0.1) is 3.57 Å². The predicted octanol–water partition coefficient (Wildman–Crippen LogP) is 4.61. The molecule has 4 rings (SSSR count). The highest BCUT2D eigenvalue weighted by Gasteiger charge is 2.32. The summed E-state index contributed by atoms with van der Waals surface area (Å²) in [6, 6.07) is 17.0. The molecule has 45 heavy (non-hydrogen) atoms. The van der Waals surface area contributed by atoms with Gasteiger partial charge < -0.3 is 34.3 Å². The number of allylic oxidation sites excluding steroid dienone is 1. The SMILES string of the molecule is CCOC(=O)C1=C(C)NC(=O)N[C@H]1c1ccc(OCC(=O)N/N=C\c2ccc(OCc3ccc(I)cc3)c(OC)c2)c(OC)c1. The highest BCUT2D eigenvalue weighted by Crippen LogP contribution is 2.34. The van der Waals surface area contributed by atoms with E-state index in [-0.39, 0.29) is 24.5 Å².